The molecule has 0 radical (unpaired) electrons. The first-order valence-corrected chi connectivity index (χ1v) is 7.51. The molecule has 0 bridgehead atoms. The number of halogens is 1. The molecule has 1 aliphatic heterocycles. The summed E-state index contributed by atoms with van der Waals surface area (Å²) in [5.41, 5.74) is 0.644. The zero-order chi connectivity index (χ0) is 14.7. The number of carbonyl (C=O) groups is 2. The quantitative estimate of drug-likeness (QED) is 0.711. The summed E-state index contributed by atoms with van der Waals surface area (Å²) in [5.74, 6) is 0.394. The van der Waals surface area contributed by atoms with Crippen molar-refractivity contribution < 1.29 is 9.59 Å². The average molecular weight is 328 g/mol. The molecule has 1 aromatic rings. The topological polar surface area (TPSA) is 88.1 Å². The highest BCUT2D eigenvalue weighted by atomic mass is 35.5. The van der Waals surface area contributed by atoms with Crippen LogP contribution in [-0.4, -0.2) is 40.7 Å². The minimum atomic E-state index is -0.0319. The van der Waals surface area contributed by atoms with E-state index in [1.54, 1.807) is 17.1 Å². The third-order valence-corrected chi connectivity index (χ3v) is 3.80. The van der Waals surface area contributed by atoms with Gasteiger partial charge in [-0.25, -0.2) is 0 Å². The van der Waals surface area contributed by atoms with Gasteiger partial charge in [0.25, 0.3) is 0 Å². The van der Waals surface area contributed by atoms with Crippen molar-refractivity contribution in [2.24, 2.45) is 5.92 Å². The number of carbonyl (C=O) groups excluding carboxylic acids is 2. The van der Waals surface area contributed by atoms with Crippen LogP contribution in [0.25, 0.3) is 0 Å². The highest BCUT2D eigenvalue weighted by molar-refractivity contribution is 5.90. The van der Waals surface area contributed by atoms with Crippen molar-refractivity contribution in [2.45, 2.75) is 38.3 Å². The van der Waals surface area contributed by atoms with Gasteiger partial charge in [0.2, 0.25) is 11.8 Å². The number of amides is 2. The fraction of sp³-hybridized carbons (Fsp3) is 0.643. The van der Waals surface area contributed by atoms with Crippen molar-refractivity contribution in [1.82, 2.24) is 20.4 Å². The van der Waals surface area contributed by atoms with Gasteiger partial charge in [-0.3, -0.25) is 14.3 Å². The Morgan fingerprint density at radius 1 is 1.32 bits per heavy atom. The van der Waals surface area contributed by atoms with Crippen molar-refractivity contribution in [1.29, 1.82) is 0 Å². The van der Waals surface area contributed by atoms with E-state index in [1.807, 2.05) is 0 Å². The molecule has 1 aromatic heterocycles. The second-order valence-corrected chi connectivity index (χ2v) is 5.88. The molecule has 22 heavy (non-hydrogen) atoms. The molecular weight excluding hydrogens is 306 g/mol. The first-order valence-electron chi connectivity index (χ1n) is 7.51. The van der Waals surface area contributed by atoms with Crippen molar-refractivity contribution in [3.8, 4) is 0 Å². The summed E-state index contributed by atoms with van der Waals surface area (Å²) >= 11 is 0. The van der Waals surface area contributed by atoms with E-state index in [0.29, 0.717) is 24.1 Å². The van der Waals surface area contributed by atoms with Crippen molar-refractivity contribution in [2.75, 3.05) is 18.4 Å². The molecule has 1 aliphatic carbocycles. The number of nitrogens with one attached hydrogen (secondary N) is 3. The molecule has 3 N–H and O–H groups in total. The Balaban J connectivity index is 0.00000176. The van der Waals surface area contributed by atoms with Crippen LogP contribution in [0.4, 0.5) is 5.69 Å². The maximum atomic E-state index is 11.9. The Labute approximate surface area is 135 Å². The molecule has 1 unspecified atom stereocenters. The molecule has 3 rings (SSSR count). The number of hydrogen-bond acceptors (Lipinski definition) is 4. The number of anilines is 1. The van der Waals surface area contributed by atoms with Gasteiger partial charge in [-0.1, -0.05) is 0 Å². The lowest BCUT2D eigenvalue weighted by atomic mass is 10.0. The van der Waals surface area contributed by atoms with Gasteiger partial charge in [-0.2, -0.15) is 5.10 Å². The lowest BCUT2D eigenvalue weighted by Crippen LogP contribution is -2.29. The lowest BCUT2D eigenvalue weighted by molar-refractivity contribution is -0.122. The van der Waals surface area contributed by atoms with Crippen LogP contribution in [0, 0.1) is 5.92 Å². The molecule has 0 aromatic carbocycles. The zero-order valence-corrected chi connectivity index (χ0v) is 13.2. The largest absolute Gasteiger partial charge is 0.352 e. The molecule has 2 aliphatic rings. The number of nitrogens with zero attached hydrogens (tertiary/aromatic N) is 2. The monoisotopic (exact) mass is 327 g/mol. The molecule has 1 saturated heterocycles. The maximum Gasteiger partial charge on any atom is 0.241 e. The first-order chi connectivity index (χ1) is 10.2. The van der Waals surface area contributed by atoms with E-state index in [4.69, 9.17) is 0 Å². The van der Waals surface area contributed by atoms with Crippen molar-refractivity contribution >= 4 is 29.9 Å². The van der Waals surface area contributed by atoms with E-state index < -0.39 is 0 Å². The smallest absolute Gasteiger partial charge is 0.241 e. The van der Waals surface area contributed by atoms with Gasteiger partial charge in [0.15, 0.2) is 0 Å². The Kier molecular flexibility index (Phi) is 5.79. The van der Waals surface area contributed by atoms with E-state index >= 15 is 0 Å². The normalized spacial score (nSPS) is 20.3. The van der Waals surface area contributed by atoms with Crippen LogP contribution in [0.1, 0.15) is 25.7 Å². The molecule has 2 fully saturated rings. The molecule has 8 heteroatoms. The van der Waals surface area contributed by atoms with Gasteiger partial charge in [0.05, 0.1) is 11.9 Å². The number of rotatable bonds is 6. The highest BCUT2D eigenvalue weighted by Gasteiger charge is 2.23. The second-order valence-electron chi connectivity index (χ2n) is 5.88. The lowest BCUT2D eigenvalue weighted by Gasteiger charge is -2.07. The van der Waals surface area contributed by atoms with E-state index in [0.717, 1.165) is 32.4 Å². The van der Waals surface area contributed by atoms with Gasteiger partial charge < -0.3 is 16.0 Å². The van der Waals surface area contributed by atoms with Gasteiger partial charge >= 0.3 is 0 Å². The second kappa shape index (κ2) is 7.60. The molecule has 2 heterocycles. The van der Waals surface area contributed by atoms with Crippen LogP contribution in [0.15, 0.2) is 12.4 Å². The number of aromatic nitrogens is 2. The van der Waals surface area contributed by atoms with Gasteiger partial charge in [0, 0.05) is 18.7 Å². The van der Waals surface area contributed by atoms with E-state index in [2.05, 4.69) is 21.0 Å². The van der Waals surface area contributed by atoms with Gasteiger partial charge in [-0.05, 0) is 38.3 Å². The summed E-state index contributed by atoms with van der Waals surface area (Å²) in [6.07, 6.45) is 6.99. The predicted octanol–water partition coefficient (Wildman–Crippen LogP) is 0.522. The summed E-state index contributed by atoms with van der Waals surface area (Å²) in [4.78, 5) is 23.6. The Hall–Kier alpha value is -1.60. The summed E-state index contributed by atoms with van der Waals surface area (Å²) in [6.45, 7) is 2.10. The maximum absolute atomic E-state index is 11.9. The van der Waals surface area contributed by atoms with Crippen LogP contribution in [0.3, 0.4) is 0 Å². The van der Waals surface area contributed by atoms with Crippen LogP contribution >= 0.6 is 12.4 Å². The summed E-state index contributed by atoms with van der Waals surface area (Å²) < 4.78 is 1.55. The fourth-order valence-corrected chi connectivity index (χ4v) is 2.53. The van der Waals surface area contributed by atoms with Crippen LogP contribution < -0.4 is 16.0 Å². The first kappa shape index (κ1) is 16.8. The minimum Gasteiger partial charge on any atom is -0.352 e. The van der Waals surface area contributed by atoms with E-state index in [1.165, 1.54) is 0 Å². The third-order valence-electron chi connectivity index (χ3n) is 3.80. The standard InChI is InChI=1S/C14H21N5O2.ClH/c20-13(5-10-3-4-15-6-10)18-12-7-16-19(8-12)9-14(21)17-11-1-2-11;/h7-8,10-11,15H,1-6,9H2,(H,17,21)(H,18,20);1H. The van der Waals surface area contributed by atoms with E-state index in [9.17, 15) is 9.59 Å². The molecule has 0 spiro atoms. The third kappa shape index (κ3) is 4.99. The van der Waals surface area contributed by atoms with Gasteiger partial charge in [0.1, 0.15) is 6.54 Å². The van der Waals surface area contributed by atoms with Crippen molar-refractivity contribution in [3.63, 3.8) is 0 Å². The molecule has 122 valence electrons. The average Bonchev–Trinajstić information content (AvgIpc) is 2.91. The van der Waals surface area contributed by atoms with Gasteiger partial charge in [-0.15, -0.1) is 12.4 Å². The summed E-state index contributed by atoms with van der Waals surface area (Å²) in [6, 6.07) is 0.354. The Morgan fingerprint density at radius 3 is 2.82 bits per heavy atom. The summed E-state index contributed by atoms with van der Waals surface area (Å²) in [5, 5.41) is 13.1. The Bertz CT molecular complexity index is 523. The zero-order valence-electron chi connectivity index (χ0n) is 12.4. The summed E-state index contributed by atoms with van der Waals surface area (Å²) in [7, 11) is 0. The van der Waals surface area contributed by atoms with E-state index in [-0.39, 0.29) is 30.8 Å². The highest BCUT2D eigenvalue weighted by Crippen LogP contribution is 2.18. The molecule has 1 atom stereocenters. The minimum absolute atomic E-state index is 0. The SMILES string of the molecule is Cl.O=C(CC1CCNC1)Nc1cnn(CC(=O)NC2CC2)c1. The number of hydrogen-bond donors (Lipinski definition) is 3. The molecule has 1 saturated carbocycles. The van der Waals surface area contributed by atoms with Crippen LogP contribution in [0.2, 0.25) is 0 Å². The van der Waals surface area contributed by atoms with Crippen LogP contribution in [-0.2, 0) is 16.1 Å². The Morgan fingerprint density at radius 2 is 2.14 bits per heavy atom. The predicted molar refractivity (Wildman–Crippen MR) is 84.9 cm³/mol. The fourth-order valence-electron chi connectivity index (χ4n) is 2.53. The molecular formula is C14H22ClN5O2. The molecule has 2 amide bonds. The van der Waals surface area contributed by atoms with Crippen molar-refractivity contribution in [3.05, 3.63) is 12.4 Å². The molecule has 7 nitrogen and oxygen atoms in total. The van der Waals surface area contributed by atoms with Crippen LogP contribution in [0.5, 0.6) is 0 Å².